The number of hydrogen-bond acceptors (Lipinski definition) is 3. The van der Waals surface area contributed by atoms with Crippen LogP contribution in [-0.4, -0.2) is 28.7 Å². The topological polar surface area (TPSA) is 50.4 Å². The Kier molecular flexibility index (Phi) is 5.07. The highest BCUT2D eigenvalue weighted by Crippen LogP contribution is 2.31. The third-order valence-electron chi connectivity index (χ3n) is 3.92. The molecule has 0 bridgehead atoms. The third-order valence-corrected chi connectivity index (χ3v) is 5.55. The molecular weight excluding hydrogens is 284 g/mol. The summed E-state index contributed by atoms with van der Waals surface area (Å²) in [4.78, 5) is 0. The summed E-state index contributed by atoms with van der Waals surface area (Å²) < 4.78 is 20.8. The Labute approximate surface area is 130 Å². The first-order chi connectivity index (χ1) is 9.84. The predicted molar refractivity (Wildman–Crippen MR) is 87.9 cm³/mol. The van der Waals surface area contributed by atoms with Crippen LogP contribution in [0.4, 0.5) is 0 Å². The molecule has 0 spiro atoms. The molecule has 1 aliphatic rings. The van der Waals surface area contributed by atoms with Crippen LogP contribution >= 0.6 is 0 Å². The van der Waals surface area contributed by atoms with Gasteiger partial charge in [-0.15, -0.1) is 0 Å². The molecule has 21 heavy (non-hydrogen) atoms. The summed E-state index contributed by atoms with van der Waals surface area (Å²) in [6.07, 6.45) is 0.975. The summed E-state index contributed by atoms with van der Waals surface area (Å²) in [7, 11) is 0.636. The molecule has 1 aromatic rings. The van der Waals surface area contributed by atoms with Crippen LogP contribution < -0.4 is 14.8 Å². The zero-order chi connectivity index (χ0) is 15.6. The molecule has 0 aliphatic carbocycles. The fourth-order valence-electron chi connectivity index (χ4n) is 2.66. The fraction of sp³-hybridized carbons (Fsp3) is 0.625. The van der Waals surface area contributed by atoms with Gasteiger partial charge in [0.25, 0.3) is 0 Å². The van der Waals surface area contributed by atoms with E-state index in [-0.39, 0.29) is 16.8 Å². The Morgan fingerprint density at radius 2 is 2.10 bits per heavy atom. The summed E-state index contributed by atoms with van der Waals surface area (Å²) in [5, 5.41) is 3.52. The molecule has 1 aliphatic heterocycles. The zero-order valence-electron chi connectivity index (χ0n) is 13.5. The van der Waals surface area contributed by atoms with Crippen LogP contribution in [0.3, 0.4) is 0 Å². The molecule has 0 radical (unpaired) electrons. The number of hydrogen-bond donors (Lipinski definition) is 2. The maximum atomic E-state index is 12.4. The molecule has 0 amide bonds. The standard InChI is InChI=1S/C16H26N2O2S/c1-11-12(7-6-8-14(11)20-5)15-13(9-10-17-15)18-21(19)16(2,3)4/h6-8,13,15,17-18H,9-10H2,1-5H3/t13-,15-,21-/m1/s1. The van der Waals surface area contributed by atoms with Gasteiger partial charge < -0.3 is 10.1 Å². The minimum atomic E-state index is -1.06. The van der Waals surface area contributed by atoms with Gasteiger partial charge in [-0.25, -0.2) is 8.93 Å². The second kappa shape index (κ2) is 6.46. The number of benzene rings is 1. The Morgan fingerprint density at radius 1 is 1.38 bits per heavy atom. The molecule has 5 heteroatoms. The first-order valence-corrected chi connectivity index (χ1v) is 8.54. The molecule has 0 saturated carbocycles. The van der Waals surface area contributed by atoms with Gasteiger partial charge in [0.1, 0.15) is 5.75 Å². The monoisotopic (exact) mass is 310 g/mol. The summed E-state index contributed by atoms with van der Waals surface area (Å²) in [6.45, 7) is 8.98. The van der Waals surface area contributed by atoms with E-state index in [4.69, 9.17) is 4.74 Å². The van der Waals surface area contributed by atoms with E-state index in [9.17, 15) is 4.21 Å². The first-order valence-electron chi connectivity index (χ1n) is 7.39. The Morgan fingerprint density at radius 3 is 2.71 bits per heavy atom. The lowest BCUT2D eigenvalue weighted by atomic mass is 9.96. The molecule has 2 rings (SSSR count). The fourth-order valence-corrected chi connectivity index (χ4v) is 3.54. The number of rotatable bonds is 4. The second-order valence-corrected chi connectivity index (χ2v) is 8.50. The van der Waals surface area contributed by atoms with Gasteiger partial charge in [0.2, 0.25) is 0 Å². The van der Waals surface area contributed by atoms with Crippen LogP contribution in [0, 0.1) is 6.92 Å². The average molecular weight is 310 g/mol. The summed E-state index contributed by atoms with van der Waals surface area (Å²) in [6, 6.07) is 6.46. The molecule has 0 unspecified atom stereocenters. The predicted octanol–water partition coefficient (Wildman–Crippen LogP) is 2.46. The smallest absolute Gasteiger partial charge is 0.122 e. The van der Waals surface area contributed by atoms with E-state index in [1.165, 1.54) is 5.56 Å². The van der Waals surface area contributed by atoms with Crippen molar-refractivity contribution in [2.75, 3.05) is 13.7 Å². The lowest BCUT2D eigenvalue weighted by Gasteiger charge is -2.26. The van der Waals surface area contributed by atoms with Crippen molar-refractivity contribution in [3.63, 3.8) is 0 Å². The van der Waals surface area contributed by atoms with Crippen molar-refractivity contribution in [1.29, 1.82) is 0 Å². The van der Waals surface area contributed by atoms with Crippen molar-refractivity contribution in [2.24, 2.45) is 0 Å². The van der Waals surface area contributed by atoms with Crippen LogP contribution in [0.15, 0.2) is 18.2 Å². The molecule has 3 atom stereocenters. The minimum absolute atomic E-state index is 0.173. The molecule has 2 N–H and O–H groups in total. The van der Waals surface area contributed by atoms with Crippen LogP contribution in [0.2, 0.25) is 0 Å². The molecule has 4 nitrogen and oxygen atoms in total. The molecule has 1 heterocycles. The van der Waals surface area contributed by atoms with Gasteiger partial charge in [-0.05, 0) is 57.9 Å². The molecule has 1 aromatic carbocycles. The van der Waals surface area contributed by atoms with Crippen LogP contribution in [0.1, 0.15) is 44.4 Å². The Bertz CT molecular complexity index is 525. The molecule has 0 aromatic heterocycles. The van der Waals surface area contributed by atoms with Crippen molar-refractivity contribution in [2.45, 2.75) is 50.9 Å². The molecule has 118 valence electrons. The summed E-state index contributed by atoms with van der Waals surface area (Å²) >= 11 is 0. The number of ether oxygens (including phenoxy) is 1. The van der Waals surface area contributed by atoms with Crippen molar-refractivity contribution < 1.29 is 8.95 Å². The largest absolute Gasteiger partial charge is 0.496 e. The van der Waals surface area contributed by atoms with E-state index < -0.39 is 11.0 Å². The van der Waals surface area contributed by atoms with Gasteiger partial charge in [-0.2, -0.15) is 0 Å². The molecule has 1 saturated heterocycles. The second-order valence-electron chi connectivity index (χ2n) is 6.50. The van der Waals surface area contributed by atoms with Crippen molar-refractivity contribution >= 4 is 11.0 Å². The minimum Gasteiger partial charge on any atom is -0.496 e. The van der Waals surface area contributed by atoms with Crippen molar-refractivity contribution in [3.8, 4) is 5.75 Å². The van der Waals surface area contributed by atoms with Crippen LogP contribution in [0.25, 0.3) is 0 Å². The quantitative estimate of drug-likeness (QED) is 0.898. The van der Waals surface area contributed by atoms with Crippen molar-refractivity contribution in [1.82, 2.24) is 10.0 Å². The Hall–Kier alpha value is -0.910. The van der Waals surface area contributed by atoms with Gasteiger partial charge >= 0.3 is 0 Å². The Balaban J connectivity index is 2.21. The summed E-state index contributed by atoms with van der Waals surface area (Å²) in [5.74, 6) is 0.900. The third kappa shape index (κ3) is 3.65. The maximum absolute atomic E-state index is 12.4. The SMILES string of the molecule is COc1cccc([C@H]2NCC[C@H]2N[S@](=O)C(C)(C)C)c1C. The van der Waals surface area contributed by atoms with Gasteiger partial charge in [-0.3, -0.25) is 0 Å². The van der Waals surface area contributed by atoms with Crippen LogP contribution in [0.5, 0.6) is 5.75 Å². The average Bonchev–Trinajstić information content (AvgIpc) is 2.86. The van der Waals surface area contributed by atoms with Gasteiger partial charge in [0.15, 0.2) is 0 Å². The van der Waals surface area contributed by atoms with E-state index in [2.05, 4.69) is 23.0 Å². The molecular formula is C16H26N2O2S. The first kappa shape index (κ1) is 16.5. The summed E-state index contributed by atoms with van der Waals surface area (Å²) in [5.41, 5.74) is 2.36. The highest BCUT2D eigenvalue weighted by atomic mass is 32.2. The van der Waals surface area contributed by atoms with E-state index in [1.54, 1.807) is 7.11 Å². The van der Waals surface area contributed by atoms with E-state index >= 15 is 0 Å². The number of methoxy groups -OCH3 is 1. The van der Waals surface area contributed by atoms with E-state index in [0.717, 1.165) is 24.3 Å². The zero-order valence-corrected chi connectivity index (χ0v) is 14.3. The highest BCUT2D eigenvalue weighted by Gasteiger charge is 2.33. The van der Waals surface area contributed by atoms with Gasteiger partial charge in [0, 0.05) is 12.1 Å². The lowest BCUT2D eigenvalue weighted by Crippen LogP contribution is -2.42. The molecule has 1 fully saturated rings. The maximum Gasteiger partial charge on any atom is 0.122 e. The van der Waals surface area contributed by atoms with Crippen LogP contribution in [-0.2, 0) is 11.0 Å². The van der Waals surface area contributed by atoms with E-state index in [0.29, 0.717) is 0 Å². The highest BCUT2D eigenvalue weighted by molar-refractivity contribution is 7.84. The normalized spacial score (nSPS) is 24.0. The van der Waals surface area contributed by atoms with Crippen molar-refractivity contribution in [3.05, 3.63) is 29.3 Å². The number of nitrogens with one attached hydrogen (secondary N) is 2. The van der Waals surface area contributed by atoms with Gasteiger partial charge in [0.05, 0.1) is 22.8 Å². The van der Waals surface area contributed by atoms with E-state index in [1.807, 2.05) is 32.9 Å². The lowest BCUT2D eigenvalue weighted by molar-refractivity contribution is 0.409. The van der Waals surface area contributed by atoms with Gasteiger partial charge in [-0.1, -0.05) is 12.1 Å².